The summed E-state index contributed by atoms with van der Waals surface area (Å²) in [4.78, 5) is 2.55. The minimum absolute atomic E-state index is 0.511. The molecule has 108 valence electrons. The maximum atomic E-state index is 5.39. The van der Waals surface area contributed by atoms with Gasteiger partial charge >= 0.3 is 0 Å². The molecule has 1 aliphatic carbocycles. The molecule has 1 rings (SSSR count). The summed E-state index contributed by atoms with van der Waals surface area (Å²) >= 11 is 0. The molecule has 1 N–H and O–H groups in total. The smallest absolute Gasteiger partial charge is 0.0630 e. The van der Waals surface area contributed by atoms with Crippen molar-refractivity contribution in [2.75, 3.05) is 33.9 Å². The van der Waals surface area contributed by atoms with Gasteiger partial charge in [-0.3, -0.25) is 4.90 Å². The zero-order valence-electron chi connectivity index (χ0n) is 12.7. The highest BCUT2D eigenvalue weighted by Crippen LogP contribution is 2.22. The number of nitrogens with zero attached hydrogens (tertiary/aromatic N) is 1. The molecule has 3 nitrogen and oxygen atoms in total. The number of likely N-dealkylation sites (N-methyl/N-ethyl adjacent to an activating group) is 1. The first-order valence-electron chi connectivity index (χ1n) is 7.56. The van der Waals surface area contributed by atoms with E-state index in [1.165, 1.54) is 32.1 Å². The number of hydrogen-bond donors (Lipinski definition) is 1. The third-order valence-electron chi connectivity index (χ3n) is 4.02. The normalized spacial score (nSPS) is 19.7. The van der Waals surface area contributed by atoms with Gasteiger partial charge in [0.05, 0.1) is 6.61 Å². The van der Waals surface area contributed by atoms with Gasteiger partial charge in [-0.25, -0.2) is 0 Å². The molecular formula is C15H32N2O. The van der Waals surface area contributed by atoms with Gasteiger partial charge in [-0.1, -0.05) is 33.1 Å². The Morgan fingerprint density at radius 3 is 2.39 bits per heavy atom. The second-order valence-corrected chi connectivity index (χ2v) is 6.12. The van der Waals surface area contributed by atoms with E-state index in [9.17, 15) is 0 Å². The van der Waals surface area contributed by atoms with Crippen LogP contribution in [0, 0.1) is 5.92 Å². The number of nitrogens with one attached hydrogen (secondary N) is 1. The first-order chi connectivity index (χ1) is 8.65. The van der Waals surface area contributed by atoms with Crippen molar-refractivity contribution in [3.8, 4) is 0 Å². The average Bonchev–Trinajstić information content (AvgIpc) is 2.37. The van der Waals surface area contributed by atoms with E-state index in [0.29, 0.717) is 12.0 Å². The second-order valence-electron chi connectivity index (χ2n) is 6.12. The summed E-state index contributed by atoms with van der Waals surface area (Å²) in [6.07, 6.45) is 6.94. The largest absolute Gasteiger partial charge is 0.383 e. The summed E-state index contributed by atoms with van der Waals surface area (Å²) in [7, 11) is 4.08. The maximum absolute atomic E-state index is 5.39. The molecule has 0 aromatic rings. The Hall–Kier alpha value is -0.120. The van der Waals surface area contributed by atoms with Crippen LogP contribution >= 0.6 is 0 Å². The monoisotopic (exact) mass is 256 g/mol. The molecule has 0 spiro atoms. The van der Waals surface area contributed by atoms with Crippen LogP contribution in [-0.4, -0.2) is 50.8 Å². The summed E-state index contributed by atoms with van der Waals surface area (Å²) in [6, 6.07) is 1.27. The van der Waals surface area contributed by atoms with Gasteiger partial charge in [0.1, 0.15) is 0 Å². The van der Waals surface area contributed by atoms with Crippen LogP contribution in [0.4, 0.5) is 0 Å². The fourth-order valence-corrected chi connectivity index (χ4v) is 2.84. The maximum Gasteiger partial charge on any atom is 0.0630 e. The molecule has 0 heterocycles. The van der Waals surface area contributed by atoms with Gasteiger partial charge < -0.3 is 10.1 Å². The standard InChI is InChI=1S/C15H32N2O/c1-13(2)10-16-11-15(12-18-4)17(3)14-8-6-5-7-9-14/h13-16H,5-12H2,1-4H3. The van der Waals surface area contributed by atoms with Crippen LogP contribution in [-0.2, 0) is 4.74 Å². The van der Waals surface area contributed by atoms with Crippen molar-refractivity contribution in [3.63, 3.8) is 0 Å². The molecule has 18 heavy (non-hydrogen) atoms. The molecular weight excluding hydrogens is 224 g/mol. The molecule has 0 aromatic carbocycles. The molecule has 1 saturated carbocycles. The van der Waals surface area contributed by atoms with Crippen molar-refractivity contribution in [1.82, 2.24) is 10.2 Å². The predicted octanol–water partition coefficient (Wildman–Crippen LogP) is 2.51. The van der Waals surface area contributed by atoms with Crippen LogP contribution in [0.15, 0.2) is 0 Å². The van der Waals surface area contributed by atoms with Crippen molar-refractivity contribution in [3.05, 3.63) is 0 Å². The van der Waals surface area contributed by atoms with Gasteiger partial charge in [-0.2, -0.15) is 0 Å². The summed E-state index contributed by atoms with van der Waals surface area (Å²) in [5.74, 6) is 0.716. The lowest BCUT2D eigenvalue weighted by Gasteiger charge is -2.37. The summed E-state index contributed by atoms with van der Waals surface area (Å²) < 4.78 is 5.39. The van der Waals surface area contributed by atoms with E-state index in [1.807, 2.05) is 7.11 Å². The summed E-state index contributed by atoms with van der Waals surface area (Å²) in [5, 5.41) is 3.57. The summed E-state index contributed by atoms with van der Waals surface area (Å²) in [5.41, 5.74) is 0. The van der Waals surface area contributed by atoms with E-state index in [2.05, 4.69) is 31.1 Å². The number of ether oxygens (including phenoxy) is 1. The van der Waals surface area contributed by atoms with E-state index < -0.39 is 0 Å². The highest BCUT2D eigenvalue weighted by atomic mass is 16.5. The van der Waals surface area contributed by atoms with Crippen LogP contribution in [0.2, 0.25) is 0 Å². The SMILES string of the molecule is COCC(CNCC(C)C)N(C)C1CCCCC1. The lowest BCUT2D eigenvalue weighted by atomic mass is 9.93. The van der Waals surface area contributed by atoms with Crippen molar-refractivity contribution in [2.24, 2.45) is 5.92 Å². The Kier molecular flexibility index (Phi) is 7.87. The lowest BCUT2D eigenvalue weighted by molar-refractivity contribution is 0.0661. The Morgan fingerprint density at radius 2 is 1.83 bits per heavy atom. The average molecular weight is 256 g/mol. The molecule has 0 amide bonds. The summed E-state index contributed by atoms with van der Waals surface area (Å²) in [6.45, 7) is 7.47. The van der Waals surface area contributed by atoms with Crippen LogP contribution in [0.1, 0.15) is 46.0 Å². The quantitative estimate of drug-likeness (QED) is 0.722. The van der Waals surface area contributed by atoms with E-state index in [1.54, 1.807) is 0 Å². The Balaban J connectivity index is 2.37. The van der Waals surface area contributed by atoms with Crippen molar-refractivity contribution in [2.45, 2.75) is 58.0 Å². The highest BCUT2D eigenvalue weighted by Gasteiger charge is 2.24. The van der Waals surface area contributed by atoms with Crippen LogP contribution in [0.3, 0.4) is 0 Å². The van der Waals surface area contributed by atoms with Gasteiger partial charge in [0.2, 0.25) is 0 Å². The molecule has 1 aliphatic rings. The third kappa shape index (κ3) is 5.68. The van der Waals surface area contributed by atoms with Gasteiger partial charge in [0.15, 0.2) is 0 Å². The zero-order valence-corrected chi connectivity index (χ0v) is 12.7. The molecule has 0 bridgehead atoms. The molecule has 1 unspecified atom stereocenters. The van der Waals surface area contributed by atoms with Gasteiger partial charge in [-0.15, -0.1) is 0 Å². The first-order valence-corrected chi connectivity index (χ1v) is 7.56. The minimum Gasteiger partial charge on any atom is -0.383 e. The van der Waals surface area contributed by atoms with Crippen LogP contribution < -0.4 is 5.32 Å². The Labute approximate surface area is 113 Å². The van der Waals surface area contributed by atoms with Crippen molar-refractivity contribution >= 4 is 0 Å². The minimum atomic E-state index is 0.511. The van der Waals surface area contributed by atoms with Crippen molar-refractivity contribution < 1.29 is 4.74 Å². The zero-order chi connectivity index (χ0) is 13.4. The lowest BCUT2D eigenvalue weighted by Crippen LogP contribution is -2.48. The molecule has 3 heteroatoms. The van der Waals surface area contributed by atoms with Gasteiger partial charge in [0.25, 0.3) is 0 Å². The van der Waals surface area contributed by atoms with Gasteiger partial charge in [0, 0.05) is 25.7 Å². The fraction of sp³-hybridized carbons (Fsp3) is 1.00. The van der Waals surface area contributed by atoms with E-state index in [4.69, 9.17) is 4.74 Å². The van der Waals surface area contributed by atoms with Crippen LogP contribution in [0.25, 0.3) is 0 Å². The second kappa shape index (κ2) is 8.89. The molecule has 1 fully saturated rings. The number of rotatable bonds is 8. The third-order valence-corrected chi connectivity index (χ3v) is 4.02. The first kappa shape index (κ1) is 15.9. The number of hydrogen-bond acceptors (Lipinski definition) is 3. The topological polar surface area (TPSA) is 24.5 Å². The van der Waals surface area contributed by atoms with Gasteiger partial charge in [-0.05, 0) is 32.4 Å². The Morgan fingerprint density at radius 1 is 1.17 bits per heavy atom. The number of methoxy groups -OCH3 is 1. The molecule has 0 radical (unpaired) electrons. The fourth-order valence-electron chi connectivity index (χ4n) is 2.84. The van der Waals surface area contributed by atoms with Crippen LogP contribution in [0.5, 0.6) is 0 Å². The van der Waals surface area contributed by atoms with E-state index in [-0.39, 0.29) is 0 Å². The molecule has 0 aliphatic heterocycles. The Bertz CT molecular complexity index is 203. The predicted molar refractivity (Wildman–Crippen MR) is 78.0 cm³/mol. The molecule has 1 atom stereocenters. The van der Waals surface area contributed by atoms with E-state index >= 15 is 0 Å². The molecule has 0 saturated heterocycles. The molecule has 0 aromatic heterocycles. The highest BCUT2D eigenvalue weighted by molar-refractivity contribution is 4.80. The van der Waals surface area contributed by atoms with E-state index in [0.717, 1.165) is 25.7 Å². The van der Waals surface area contributed by atoms with Crippen molar-refractivity contribution in [1.29, 1.82) is 0 Å².